The molecule has 1 fully saturated rings. The Kier molecular flexibility index (Phi) is 4.38. The number of alkyl halides is 1. The minimum absolute atomic E-state index is 0.507. The second-order valence-electron chi connectivity index (χ2n) is 3.96. The third-order valence-electron chi connectivity index (χ3n) is 2.86. The van der Waals surface area contributed by atoms with Crippen LogP contribution < -0.4 is 0 Å². The van der Waals surface area contributed by atoms with Crippen molar-refractivity contribution < 1.29 is 9.47 Å². The van der Waals surface area contributed by atoms with Gasteiger partial charge in [0.1, 0.15) is 0 Å². The molecule has 2 rings (SSSR count). The summed E-state index contributed by atoms with van der Waals surface area (Å²) in [5.41, 5.74) is 1.13. The Labute approximate surface area is 105 Å². The van der Waals surface area contributed by atoms with E-state index in [-0.39, 0.29) is 0 Å². The summed E-state index contributed by atoms with van der Waals surface area (Å²) >= 11 is 3.39. The highest BCUT2D eigenvalue weighted by Crippen LogP contribution is 2.36. The topological polar surface area (TPSA) is 18.5 Å². The van der Waals surface area contributed by atoms with Crippen LogP contribution in [0.15, 0.2) is 30.3 Å². The largest absolute Gasteiger partial charge is 0.346 e. The van der Waals surface area contributed by atoms with E-state index in [1.54, 1.807) is 0 Å². The number of ether oxygens (including phenoxy) is 2. The van der Waals surface area contributed by atoms with Crippen LogP contribution in [-0.4, -0.2) is 18.5 Å². The maximum Gasteiger partial charge on any atom is 0.194 e. The highest BCUT2D eigenvalue weighted by Gasteiger charge is 2.35. The molecule has 3 heteroatoms. The third kappa shape index (κ3) is 2.65. The van der Waals surface area contributed by atoms with Crippen molar-refractivity contribution in [2.45, 2.75) is 25.0 Å². The van der Waals surface area contributed by atoms with Crippen LogP contribution in [0.3, 0.4) is 0 Å². The summed E-state index contributed by atoms with van der Waals surface area (Å²) in [5.74, 6) is -0.507. The first-order valence-electron chi connectivity index (χ1n) is 5.77. The molecular formula is C13H17BrO2. The fourth-order valence-corrected chi connectivity index (χ4v) is 2.25. The molecule has 0 spiro atoms. The van der Waals surface area contributed by atoms with Crippen molar-refractivity contribution in [3.63, 3.8) is 0 Å². The number of halogens is 1. The standard InChI is InChI=1S/C13H17BrO2/c14-9-11-16-13(8-4-5-10-15-13)12-6-2-1-3-7-12/h1-3,6-7H,4-5,8-11H2. The van der Waals surface area contributed by atoms with Gasteiger partial charge in [0.25, 0.3) is 0 Å². The maximum absolute atomic E-state index is 5.94. The predicted molar refractivity (Wildman–Crippen MR) is 67.7 cm³/mol. The van der Waals surface area contributed by atoms with Gasteiger partial charge in [0.2, 0.25) is 0 Å². The Morgan fingerprint density at radius 1 is 1.25 bits per heavy atom. The van der Waals surface area contributed by atoms with Crippen LogP contribution in [0.25, 0.3) is 0 Å². The first-order chi connectivity index (χ1) is 7.87. The second-order valence-corrected chi connectivity index (χ2v) is 4.75. The molecule has 1 heterocycles. The van der Waals surface area contributed by atoms with Gasteiger partial charge in [-0.2, -0.15) is 0 Å². The van der Waals surface area contributed by atoms with Gasteiger partial charge < -0.3 is 9.47 Å². The molecule has 88 valence electrons. The first-order valence-corrected chi connectivity index (χ1v) is 6.89. The third-order valence-corrected chi connectivity index (χ3v) is 3.19. The van der Waals surface area contributed by atoms with E-state index in [1.807, 2.05) is 18.2 Å². The Hall–Kier alpha value is -0.380. The molecule has 16 heavy (non-hydrogen) atoms. The molecule has 2 nitrogen and oxygen atoms in total. The van der Waals surface area contributed by atoms with Crippen LogP contribution in [0.4, 0.5) is 0 Å². The maximum atomic E-state index is 5.94. The van der Waals surface area contributed by atoms with Crippen LogP contribution in [-0.2, 0) is 15.3 Å². The summed E-state index contributed by atoms with van der Waals surface area (Å²) < 4.78 is 11.8. The number of rotatable bonds is 4. The van der Waals surface area contributed by atoms with Crippen LogP contribution in [0.1, 0.15) is 24.8 Å². The van der Waals surface area contributed by atoms with Crippen LogP contribution >= 0.6 is 15.9 Å². The van der Waals surface area contributed by atoms with E-state index in [0.29, 0.717) is 6.61 Å². The van der Waals surface area contributed by atoms with Gasteiger partial charge in [-0.15, -0.1) is 0 Å². The van der Waals surface area contributed by atoms with Crippen LogP contribution in [0, 0.1) is 0 Å². The van der Waals surface area contributed by atoms with Gasteiger partial charge in [-0.05, 0) is 12.8 Å². The molecule has 0 bridgehead atoms. The Morgan fingerprint density at radius 3 is 2.69 bits per heavy atom. The van der Waals surface area contributed by atoms with Crippen molar-refractivity contribution in [1.82, 2.24) is 0 Å². The summed E-state index contributed by atoms with van der Waals surface area (Å²) in [4.78, 5) is 0. The van der Waals surface area contributed by atoms with Gasteiger partial charge in [-0.3, -0.25) is 0 Å². The summed E-state index contributed by atoms with van der Waals surface area (Å²) in [5, 5.41) is 0.838. The zero-order valence-corrected chi connectivity index (χ0v) is 10.9. The average molecular weight is 285 g/mol. The molecule has 0 aliphatic carbocycles. The lowest BCUT2D eigenvalue weighted by Gasteiger charge is -2.37. The molecule has 0 radical (unpaired) electrons. The van der Waals surface area contributed by atoms with Crippen molar-refractivity contribution in [1.29, 1.82) is 0 Å². The molecule has 1 aliphatic rings. The molecule has 0 amide bonds. The van der Waals surface area contributed by atoms with Gasteiger partial charge in [-0.25, -0.2) is 0 Å². The normalized spacial score (nSPS) is 25.6. The van der Waals surface area contributed by atoms with E-state index in [0.717, 1.165) is 36.8 Å². The number of benzene rings is 1. The summed E-state index contributed by atoms with van der Waals surface area (Å²) in [6, 6.07) is 10.3. The molecule has 1 aromatic carbocycles. The van der Waals surface area contributed by atoms with Crippen molar-refractivity contribution >= 4 is 15.9 Å². The van der Waals surface area contributed by atoms with E-state index in [2.05, 4.69) is 28.1 Å². The zero-order chi connectivity index (χ0) is 11.3. The van der Waals surface area contributed by atoms with Crippen LogP contribution in [0.2, 0.25) is 0 Å². The molecule has 1 saturated heterocycles. The Balaban J connectivity index is 2.19. The van der Waals surface area contributed by atoms with Crippen molar-refractivity contribution in [3.05, 3.63) is 35.9 Å². The van der Waals surface area contributed by atoms with Gasteiger partial charge in [-0.1, -0.05) is 46.3 Å². The first kappa shape index (κ1) is 12.1. The summed E-state index contributed by atoms with van der Waals surface area (Å²) in [6.45, 7) is 1.46. The molecule has 1 aromatic rings. The lowest BCUT2D eigenvalue weighted by Crippen LogP contribution is -2.37. The monoisotopic (exact) mass is 284 g/mol. The number of hydrogen-bond donors (Lipinski definition) is 0. The fraction of sp³-hybridized carbons (Fsp3) is 0.538. The molecule has 1 unspecified atom stereocenters. The van der Waals surface area contributed by atoms with Crippen molar-refractivity contribution in [2.24, 2.45) is 0 Å². The Bertz CT molecular complexity index is 307. The second kappa shape index (κ2) is 5.80. The minimum Gasteiger partial charge on any atom is -0.346 e. The van der Waals surface area contributed by atoms with E-state index < -0.39 is 5.79 Å². The lowest BCUT2D eigenvalue weighted by molar-refractivity contribution is -0.262. The summed E-state index contributed by atoms with van der Waals surface area (Å²) in [6.07, 6.45) is 3.24. The van der Waals surface area contributed by atoms with E-state index >= 15 is 0 Å². The lowest BCUT2D eigenvalue weighted by atomic mass is 9.97. The van der Waals surface area contributed by atoms with E-state index in [4.69, 9.17) is 9.47 Å². The molecule has 1 atom stereocenters. The fourth-order valence-electron chi connectivity index (χ4n) is 2.09. The highest BCUT2D eigenvalue weighted by atomic mass is 79.9. The van der Waals surface area contributed by atoms with Crippen molar-refractivity contribution in [2.75, 3.05) is 18.5 Å². The van der Waals surface area contributed by atoms with Gasteiger partial charge in [0.15, 0.2) is 5.79 Å². The molecule has 0 N–H and O–H groups in total. The minimum atomic E-state index is -0.507. The zero-order valence-electron chi connectivity index (χ0n) is 9.32. The van der Waals surface area contributed by atoms with Crippen molar-refractivity contribution in [3.8, 4) is 0 Å². The number of hydrogen-bond acceptors (Lipinski definition) is 2. The smallest absolute Gasteiger partial charge is 0.194 e. The quantitative estimate of drug-likeness (QED) is 0.789. The van der Waals surface area contributed by atoms with Gasteiger partial charge in [0.05, 0.1) is 13.2 Å². The van der Waals surface area contributed by atoms with Gasteiger partial charge >= 0.3 is 0 Å². The van der Waals surface area contributed by atoms with Gasteiger partial charge in [0, 0.05) is 17.3 Å². The summed E-state index contributed by atoms with van der Waals surface area (Å²) in [7, 11) is 0. The van der Waals surface area contributed by atoms with Crippen LogP contribution in [0.5, 0.6) is 0 Å². The Morgan fingerprint density at radius 2 is 2.06 bits per heavy atom. The molecule has 0 aromatic heterocycles. The molecule has 0 saturated carbocycles. The SMILES string of the molecule is BrCCOC1(c2ccccc2)CCCCO1. The molecular weight excluding hydrogens is 268 g/mol. The molecule has 1 aliphatic heterocycles. The predicted octanol–water partition coefficient (Wildman–Crippen LogP) is 3.45. The highest BCUT2D eigenvalue weighted by molar-refractivity contribution is 9.09. The van der Waals surface area contributed by atoms with E-state index in [9.17, 15) is 0 Å². The average Bonchev–Trinajstić information content (AvgIpc) is 2.38. The van der Waals surface area contributed by atoms with E-state index in [1.165, 1.54) is 0 Å².